The number of halogens is 2. The van der Waals surface area contributed by atoms with E-state index in [2.05, 4.69) is 4.74 Å². The first-order chi connectivity index (χ1) is 7.65. The van der Waals surface area contributed by atoms with Gasteiger partial charge in [-0.3, -0.25) is 4.79 Å². The van der Waals surface area contributed by atoms with Crippen molar-refractivity contribution in [2.24, 2.45) is 0 Å². The third-order valence-corrected chi connectivity index (χ3v) is 2.61. The molecule has 1 saturated heterocycles. The van der Waals surface area contributed by atoms with Crippen LogP contribution in [0.2, 0.25) is 0 Å². The first kappa shape index (κ1) is 13.3. The van der Waals surface area contributed by atoms with E-state index in [1.165, 1.54) is 0 Å². The van der Waals surface area contributed by atoms with Crippen molar-refractivity contribution in [2.75, 3.05) is 26.4 Å². The van der Waals surface area contributed by atoms with Crippen LogP contribution in [0.4, 0.5) is 8.78 Å². The number of nitrogens with zero attached hydrogens (tertiary/aromatic N) is 1. The Balaban J connectivity index is 2.19. The van der Waals surface area contributed by atoms with Crippen LogP contribution in [0, 0.1) is 0 Å². The monoisotopic (exact) mass is 237 g/mol. The minimum absolute atomic E-state index is 0.0117. The Hall–Kier alpha value is -0.750. The second kappa shape index (κ2) is 6.75. The molecule has 1 aliphatic heterocycles. The average molecular weight is 237 g/mol. The molecule has 0 saturated carbocycles. The smallest absolute Gasteiger partial charge is 0.261 e. The molecule has 1 rings (SSSR count). The molecule has 1 atom stereocenters. The van der Waals surface area contributed by atoms with Crippen molar-refractivity contribution in [2.45, 2.75) is 31.7 Å². The molecule has 0 aromatic carbocycles. The van der Waals surface area contributed by atoms with Crippen LogP contribution < -0.4 is 0 Å². The second-order valence-corrected chi connectivity index (χ2v) is 3.78. The summed E-state index contributed by atoms with van der Waals surface area (Å²) in [4.78, 5) is 13.2. The molecule has 0 unspecified atom stereocenters. The quantitative estimate of drug-likeness (QED) is 0.690. The highest BCUT2D eigenvalue weighted by Gasteiger charge is 2.27. The van der Waals surface area contributed by atoms with E-state index >= 15 is 0 Å². The summed E-state index contributed by atoms with van der Waals surface area (Å²) in [6.07, 6.45) is -0.704. The van der Waals surface area contributed by atoms with Gasteiger partial charge in [-0.2, -0.15) is 0 Å². The van der Waals surface area contributed by atoms with Crippen LogP contribution in [-0.2, 0) is 9.53 Å². The fourth-order valence-electron chi connectivity index (χ4n) is 1.83. The third-order valence-electron chi connectivity index (χ3n) is 2.61. The summed E-state index contributed by atoms with van der Waals surface area (Å²) in [5.41, 5.74) is 0. The van der Waals surface area contributed by atoms with Gasteiger partial charge in [0.15, 0.2) is 0 Å². The summed E-state index contributed by atoms with van der Waals surface area (Å²) in [7, 11) is 0. The van der Waals surface area contributed by atoms with Gasteiger partial charge in [-0.15, -0.1) is 0 Å². The standard InChI is InChI=1S/C10H17F2NO3/c11-9(12)7-16-5-3-10(15)13-4-1-2-8(13)6-14/h8-9,14H,1-7H2/t8-/m1/s1. The van der Waals surface area contributed by atoms with Crippen molar-refractivity contribution < 1.29 is 23.4 Å². The number of carbonyl (C=O) groups is 1. The zero-order valence-electron chi connectivity index (χ0n) is 9.07. The van der Waals surface area contributed by atoms with Crippen molar-refractivity contribution >= 4 is 5.91 Å². The zero-order valence-corrected chi connectivity index (χ0v) is 9.07. The van der Waals surface area contributed by atoms with Crippen LogP contribution in [0.25, 0.3) is 0 Å². The molecule has 0 aromatic heterocycles. The number of ether oxygens (including phenoxy) is 1. The fraction of sp³-hybridized carbons (Fsp3) is 0.900. The Kier molecular flexibility index (Phi) is 5.62. The molecule has 0 aromatic rings. The van der Waals surface area contributed by atoms with Crippen molar-refractivity contribution in [3.8, 4) is 0 Å². The van der Waals surface area contributed by atoms with E-state index in [4.69, 9.17) is 5.11 Å². The maximum Gasteiger partial charge on any atom is 0.261 e. The molecule has 4 nitrogen and oxygen atoms in total. The Bertz CT molecular complexity index is 226. The highest BCUT2D eigenvalue weighted by Crippen LogP contribution is 2.17. The number of aliphatic hydroxyl groups is 1. The van der Waals surface area contributed by atoms with Crippen LogP contribution in [-0.4, -0.2) is 54.7 Å². The van der Waals surface area contributed by atoms with Crippen LogP contribution in [0.5, 0.6) is 0 Å². The SMILES string of the molecule is O=C(CCOCC(F)F)N1CCC[C@@H]1CO. The molecule has 1 aliphatic rings. The second-order valence-electron chi connectivity index (χ2n) is 3.78. The summed E-state index contributed by atoms with van der Waals surface area (Å²) in [5, 5.41) is 9.01. The molecular formula is C10H17F2NO3. The first-order valence-electron chi connectivity index (χ1n) is 5.41. The summed E-state index contributed by atoms with van der Waals surface area (Å²) in [6, 6.07) is -0.109. The number of alkyl halides is 2. The molecular weight excluding hydrogens is 220 g/mol. The molecule has 1 amide bonds. The highest BCUT2D eigenvalue weighted by atomic mass is 19.3. The maximum atomic E-state index is 11.7. The van der Waals surface area contributed by atoms with Crippen molar-refractivity contribution in [3.05, 3.63) is 0 Å². The van der Waals surface area contributed by atoms with Crippen LogP contribution >= 0.6 is 0 Å². The minimum Gasteiger partial charge on any atom is -0.394 e. The predicted molar refractivity (Wildman–Crippen MR) is 53.3 cm³/mol. The van der Waals surface area contributed by atoms with Crippen LogP contribution in [0.3, 0.4) is 0 Å². The summed E-state index contributed by atoms with van der Waals surface area (Å²) >= 11 is 0. The topological polar surface area (TPSA) is 49.8 Å². The fourth-order valence-corrected chi connectivity index (χ4v) is 1.83. The Morgan fingerprint density at radius 1 is 1.56 bits per heavy atom. The number of aliphatic hydroxyl groups excluding tert-OH is 1. The van der Waals surface area contributed by atoms with Gasteiger partial charge in [-0.25, -0.2) is 8.78 Å². The normalized spacial score (nSPS) is 20.8. The average Bonchev–Trinajstić information content (AvgIpc) is 2.71. The molecule has 0 spiro atoms. The van der Waals surface area contributed by atoms with E-state index in [-0.39, 0.29) is 31.6 Å². The van der Waals surface area contributed by atoms with Gasteiger partial charge in [0.1, 0.15) is 6.61 Å². The van der Waals surface area contributed by atoms with E-state index in [1.807, 2.05) is 0 Å². The van der Waals surface area contributed by atoms with Gasteiger partial charge in [0.2, 0.25) is 5.91 Å². The molecule has 0 aliphatic carbocycles. The molecule has 6 heteroatoms. The predicted octanol–water partition coefficient (Wildman–Crippen LogP) is 0.641. The van der Waals surface area contributed by atoms with Gasteiger partial charge in [0.25, 0.3) is 6.43 Å². The van der Waals surface area contributed by atoms with Crippen LogP contribution in [0.15, 0.2) is 0 Å². The number of hydrogen-bond donors (Lipinski definition) is 1. The molecule has 94 valence electrons. The van der Waals surface area contributed by atoms with Gasteiger partial charge in [0.05, 0.1) is 25.7 Å². The van der Waals surface area contributed by atoms with Crippen molar-refractivity contribution in [1.29, 1.82) is 0 Å². The van der Waals surface area contributed by atoms with E-state index in [0.717, 1.165) is 12.8 Å². The maximum absolute atomic E-state index is 11.7. The lowest BCUT2D eigenvalue weighted by Crippen LogP contribution is -2.38. The molecule has 1 N–H and O–H groups in total. The summed E-state index contributed by atoms with van der Waals surface area (Å²) < 4.78 is 28.1. The largest absolute Gasteiger partial charge is 0.394 e. The van der Waals surface area contributed by atoms with Gasteiger partial charge in [0, 0.05) is 6.54 Å². The summed E-state index contributed by atoms with van der Waals surface area (Å²) in [6.45, 7) is -0.0168. The third kappa shape index (κ3) is 4.02. The Morgan fingerprint density at radius 3 is 2.94 bits per heavy atom. The number of rotatable bonds is 6. The number of likely N-dealkylation sites (tertiary alicyclic amines) is 1. The lowest BCUT2D eigenvalue weighted by molar-refractivity contribution is -0.134. The minimum atomic E-state index is -2.49. The molecule has 0 radical (unpaired) electrons. The van der Waals surface area contributed by atoms with Crippen LogP contribution in [0.1, 0.15) is 19.3 Å². The van der Waals surface area contributed by atoms with Crippen molar-refractivity contribution in [3.63, 3.8) is 0 Å². The zero-order chi connectivity index (χ0) is 12.0. The van der Waals surface area contributed by atoms with E-state index in [0.29, 0.717) is 6.54 Å². The molecule has 16 heavy (non-hydrogen) atoms. The molecule has 1 heterocycles. The van der Waals surface area contributed by atoms with Gasteiger partial charge < -0.3 is 14.7 Å². The lowest BCUT2D eigenvalue weighted by atomic mass is 10.2. The van der Waals surface area contributed by atoms with E-state index in [1.54, 1.807) is 4.90 Å². The Labute approximate surface area is 93.2 Å². The van der Waals surface area contributed by atoms with Gasteiger partial charge in [-0.05, 0) is 12.8 Å². The first-order valence-corrected chi connectivity index (χ1v) is 5.41. The van der Waals surface area contributed by atoms with Crippen molar-refractivity contribution in [1.82, 2.24) is 4.90 Å². The van der Waals surface area contributed by atoms with Gasteiger partial charge in [-0.1, -0.05) is 0 Å². The number of carbonyl (C=O) groups excluding carboxylic acids is 1. The van der Waals surface area contributed by atoms with Gasteiger partial charge >= 0.3 is 0 Å². The molecule has 1 fully saturated rings. The highest BCUT2D eigenvalue weighted by molar-refractivity contribution is 5.76. The number of amides is 1. The number of hydrogen-bond acceptors (Lipinski definition) is 3. The summed E-state index contributed by atoms with van der Waals surface area (Å²) in [5.74, 6) is -0.134. The van der Waals surface area contributed by atoms with E-state index < -0.39 is 13.0 Å². The van der Waals surface area contributed by atoms with E-state index in [9.17, 15) is 13.6 Å². The lowest BCUT2D eigenvalue weighted by Gasteiger charge is -2.22. The molecule has 0 bridgehead atoms. The Morgan fingerprint density at radius 2 is 2.31 bits per heavy atom.